The van der Waals surface area contributed by atoms with Crippen molar-refractivity contribution in [1.82, 2.24) is 10.4 Å². The molecule has 0 aromatic carbocycles. The van der Waals surface area contributed by atoms with Gasteiger partial charge in [0.2, 0.25) is 5.91 Å². The summed E-state index contributed by atoms with van der Waals surface area (Å²) in [4.78, 5) is 50.5. The van der Waals surface area contributed by atoms with Crippen molar-refractivity contribution in [1.29, 1.82) is 0 Å². The molecule has 3 amide bonds. The van der Waals surface area contributed by atoms with Gasteiger partial charge in [-0.1, -0.05) is 22.6 Å². The van der Waals surface area contributed by atoms with Crippen molar-refractivity contribution in [2.45, 2.75) is 19.3 Å². The highest BCUT2D eigenvalue weighted by Gasteiger charge is 2.32. The first kappa shape index (κ1) is 84.9. The van der Waals surface area contributed by atoms with Gasteiger partial charge in [-0.05, 0) is 0 Å². The van der Waals surface area contributed by atoms with E-state index in [1.807, 2.05) is 22.6 Å². The Bertz CT molecular complexity index is 1500. The fraction of sp³-hybridized carbons (Fsp3) is 0.930. The molecule has 1 saturated heterocycles. The van der Waals surface area contributed by atoms with Crippen LogP contribution in [0, 0.1) is 0 Å². The predicted molar refractivity (Wildman–Crippen MR) is 323 cm³/mol. The topological polar surface area (TPSA) is 314 Å². The molecule has 526 valence electrons. The number of alkyl halides is 1. The number of rotatable bonds is 77. The maximum absolute atomic E-state index is 11.7. The molecule has 0 saturated carbocycles. The maximum Gasteiger partial charge on any atom is 0.335 e. The molecule has 0 atom stereocenters. The highest BCUT2D eigenvalue weighted by atomic mass is 127. The van der Waals surface area contributed by atoms with Gasteiger partial charge in [0, 0.05) is 19.4 Å². The third-order valence-corrected chi connectivity index (χ3v) is 11.6. The number of carbonyl (C=O) groups excluding carboxylic acids is 4. The average molecular weight is 1410 g/mol. The van der Waals surface area contributed by atoms with Gasteiger partial charge in [0.05, 0.1) is 328 Å². The molecule has 1 rings (SSSR count). The van der Waals surface area contributed by atoms with Crippen molar-refractivity contribution >= 4 is 46.3 Å². The molecule has 1 aliphatic rings. The lowest BCUT2D eigenvalue weighted by molar-refractivity contribution is -0.198. The monoisotopic (exact) mass is 1410 g/mol. The highest BCUT2D eigenvalue weighted by molar-refractivity contribution is 14.1. The molecular formula is C57H107IN2O29. The zero-order valence-electron chi connectivity index (χ0n) is 52.6. The lowest BCUT2D eigenvalue weighted by Crippen LogP contribution is -2.32. The zero-order valence-corrected chi connectivity index (χ0v) is 54.8. The van der Waals surface area contributed by atoms with Gasteiger partial charge in [-0.2, -0.15) is 0 Å². The van der Waals surface area contributed by atoms with Crippen LogP contribution in [0.25, 0.3) is 0 Å². The summed E-state index contributed by atoms with van der Waals surface area (Å²) in [7, 11) is 0. The fourth-order valence-electron chi connectivity index (χ4n) is 6.43. The first-order valence-corrected chi connectivity index (χ1v) is 32.3. The number of hydroxylamine groups is 2. The van der Waals surface area contributed by atoms with Crippen LogP contribution < -0.4 is 5.32 Å². The first-order chi connectivity index (χ1) is 44.0. The SMILES string of the molecule is O=C(CI)NCCOCCOCCOCCOCCOCCOCCOCCOCCOCCOCCOCCOCCOCCOCCOCCOCCOCCOCCOCCOCCOCCOCCOCCOCCC(=O)ON1C(=O)CCC1=O. The van der Waals surface area contributed by atoms with E-state index in [9.17, 15) is 19.2 Å². The summed E-state index contributed by atoms with van der Waals surface area (Å²) in [5.41, 5.74) is 0. The molecule has 0 aromatic heterocycles. The van der Waals surface area contributed by atoms with Crippen LogP contribution in [0.4, 0.5) is 0 Å². The second-order valence-electron chi connectivity index (χ2n) is 18.0. The summed E-state index contributed by atoms with van der Waals surface area (Å²) in [6, 6.07) is 0. The van der Waals surface area contributed by atoms with E-state index >= 15 is 0 Å². The van der Waals surface area contributed by atoms with Crippen molar-refractivity contribution in [3.8, 4) is 0 Å². The van der Waals surface area contributed by atoms with E-state index in [4.69, 9.17) is 119 Å². The van der Waals surface area contributed by atoms with Crippen LogP contribution in [0.1, 0.15) is 19.3 Å². The normalized spacial score (nSPS) is 12.6. The molecule has 0 radical (unpaired) electrons. The first-order valence-electron chi connectivity index (χ1n) is 30.8. The van der Waals surface area contributed by atoms with Gasteiger partial charge in [-0.3, -0.25) is 14.4 Å². The summed E-state index contributed by atoms with van der Waals surface area (Å²) in [6.07, 6.45) is 0.0201. The minimum Gasteiger partial charge on any atom is -0.378 e. The third-order valence-electron chi connectivity index (χ3n) is 10.9. The maximum atomic E-state index is 11.7. The molecule has 1 heterocycles. The summed E-state index contributed by atoms with van der Waals surface area (Å²) >= 11 is 2.01. The van der Waals surface area contributed by atoms with Gasteiger partial charge < -0.3 is 124 Å². The van der Waals surface area contributed by atoms with Crippen LogP contribution in [-0.4, -0.2) is 357 Å². The quantitative estimate of drug-likeness (QED) is 0.0361. The zero-order chi connectivity index (χ0) is 63.7. The largest absolute Gasteiger partial charge is 0.378 e. The average Bonchev–Trinajstić information content (AvgIpc) is 4.08. The number of nitrogens with one attached hydrogen (secondary N) is 1. The van der Waals surface area contributed by atoms with Crippen molar-refractivity contribution in [2.75, 3.05) is 328 Å². The van der Waals surface area contributed by atoms with Crippen molar-refractivity contribution < 1.29 is 138 Å². The molecular weight excluding hydrogens is 1300 g/mol. The van der Waals surface area contributed by atoms with Gasteiger partial charge in [-0.15, -0.1) is 5.06 Å². The van der Waals surface area contributed by atoms with Crippen LogP contribution >= 0.6 is 22.6 Å². The molecule has 0 aliphatic carbocycles. The van der Waals surface area contributed by atoms with E-state index in [1.165, 1.54) is 0 Å². The van der Waals surface area contributed by atoms with E-state index in [2.05, 4.69) is 5.32 Å². The molecule has 0 bridgehead atoms. The van der Waals surface area contributed by atoms with Gasteiger partial charge in [-0.25, -0.2) is 4.79 Å². The molecule has 32 heteroatoms. The standard InChI is InChI=1S/C57H107IN2O29/c58-53-54(61)59-4-6-66-8-10-68-12-14-70-16-18-72-20-22-74-24-26-76-28-30-78-32-34-80-36-38-82-40-42-84-44-46-86-48-50-88-52-51-87-49-47-85-45-43-83-41-39-81-37-35-79-33-31-77-29-27-75-25-23-73-21-19-71-17-15-69-13-11-67-9-7-65-5-3-57(64)89-60-55(62)1-2-56(60)63/h1-53H2,(H,59,61). The predicted octanol–water partition coefficient (Wildman–Crippen LogP) is -0.0667. The van der Waals surface area contributed by atoms with Gasteiger partial charge in [0.25, 0.3) is 11.8 Å². The van der Waals surface area contributed by atoms with E-state index < -0.39 is 17.8 Å². The molecule has 31 nitrogen and oxygen atoms in total. The number of amides is 3. The van der Waals surface area contributed by atoms with Crippen LogP contribution in [0.2, 0.25) is 0 Å². The van der Waals surface area contributed by atoms with Crippen LogP contribution in [-0.2, 0) is 138 Å². The highest BCUT2D eigenvalue weighted by Crippen LogP contribution is 2.12. The second-order valence-corrected chi connectivity index (χ2v) is 18.7. The van der Waals surface area contributed by atoms with E-state index in [0.29, 0.717) is 320 Å². The van der Waals surface area contributed by atoms with Crippen molar-refractivity contribution in [2.24, 2.45) is 0 Å². The number of carbonyl (C=O) groups is 4. The summed E-state index contributed by atoms with van der Waals surface area (Å²) in [5.74, 6) is -1.73. The van der Waals surface area contributed by atoms with Crippen LogP contribution in [0.3, 0.4) is 0 Å². The Labute approximate surface area is 539 Å². The fourth-order valence-corrected chi connectivity index (χ4v) is 6.70. The van der Waals surface area contributed by atoms with Crippen LogP contribution in [0.15, 0.2) is 0 Å². The smallest absolute Gasteiger partial charge is 0.335 e. The van der Waals surface area contributed by atoms with Crippen molar-refractivity contribution in [3.05, 3.63) is 0 Å². The molecule has 0 unspecified atom stereocenters. The Morgan fingerprint density at radius 2 is 0.427 bits per heavy atom. The molecule has 0 spiro atoms. The Hall–Kier alpha value is -2.15. The Kier molecular flexibility index (Phi) is 69.9. The summed E-state index contributed by atoms with van der Waals surface area (Å²) in [6.45, 7) is 22.2. The number of ether oxygens (including phenoxy) is 24. The van der Waals surface area contributed by atoms with E-state index in [0.717, 1.165) is 0 Å². The minimum atomic E-state index is -0.706. The Morgan fingerprint density at radius 3 is 0.596 bits per heavy atom. The number of hydrogen-bond acceptors (Lipinski definition) is 29. The lowest BCUT2D eigenvalue weighted by Gasteiger charge is -2.12. The van der Waals surface area contributed by atoms with Crippen LogP contribution in [0.5, 0.6) is 0 Å². The number of imide groups is 1. The van der Waals surface area contributed by atoms with E-state index in [-0.39, 0.29) is 38.4 Å². The summed E-state index contributed by atoms with van der Waals surface area (Å²) in [5, 5.41) is 3.26. The molecule has 89 heavy (non-hydrogen) atoms. The van der Waals surface area contributed by atoms with Crippen molar-refractivity contribution in [3.63, 3.8) is 0 Å². The third kappa shape index (κ3) is 67.1. The molecule has 0 aromatic rings. The summed E-state index contributed by atoms with van der Waals surface area (Å²) < 4.78 is 132. The molecule has 1 fully saturated rings. The van der Waals surface area contributed by atoms with E-state index in [1.54, 1.807) is 0 Å². The molecule has 1 N–H and O–H groups in total. The van der Waals surface area contributed by atoms with Gasteiger partial charge in [0.1, 0.15) is 0 Å². The Balaban J connectivity index is 1.59. The lowest BCUT2D eigenvalue weighted by atomic mass is 10.4. The van der Waals surface area contributed by atoms with Gasteiger partial charge in [0.15, 0.2) is 0 Å². The number of hydrogen-bond donors (Lipinski definition) is 1. The second kappa shape index (κ2) is 73.3. The number of nitrogens with zero attached hydrogens (tertiary/aromatic N) is 1. The minimum absolute atomic E-state index is 0.00510. The number of halogens is 1. The Morgan fingerprint density at radius 1 is 0.270 bits per heavy atom. The van der Waals surface area contributed by atoms with Gasteiger partial charge >= 0.3 is 5.97 Å². The molecule has 1 aliphatic heterocycles.